The largest absolute Gasteiger partial charge is 0.365 e. The van der Waals surface area contributed by atoms with Crippen molar-refractivity contribution in [3.8, 4) is 0 Å². The van der Waals surface area contributed by atoms with Crippen LogP contribution in [0.15, 0.2) is 12.3 Å². The van der Waals surface area contributed by atoms with Gasteiger partial charge in [-0.15, -0.1) is 12.4 Å². The Labute approximate surface area is 89.7 Å². The number of nitrogens with one attached hydrogen (secondary N) is 2. The number of aromatic nitrogens is 1. The van der Waals surface area contributed by atoms with Gasteiger partial charge in [0.15, 0.2) is 0 Å². The zero-order valence-corrected chi connectivity index (χ0v) is 9.15. The quantitative estimate of drug-likeness (QED) is 0.702. The second-order valence-corrected chi connectivity index (χ2v) is 3.20. The molecule has 4 nitrogen and oxygen atoms in total. The fourth-order valence-electron chi connectivity index (χ4n) is 1.05. The van der Waals surface area contributed by atoms with E-state index in [1.54, 1.807) is 12.3 Å². The van der Waals surface area contributed by atoms with E-state index < -0.39 is 0 Å². The second-order valence-electron chi connectivity index (χ2n) is 3.20. The van der Waals surface area contributed by atoms with Crippen molar-refractivity contribution in [2.45, 2.75) is 19.9 Å². The van der Waals surface area contributed by atoms with Gasteiger partial charge in [0, 0.05) is 24.5 Å². The fourth-order valence-corrected chi connectivity index (χ4v) is 1.05. The van der Waals surface area contributed by atoms with Crippen LogP contribution in [0.2, 0.25) is 0 Å². The lowest BCUT2D eigenvalue weighted by Crippen LogP contribution is -2.35. The maximum atomic E-state index is 11.4. The monoisotopic (exact) mass is 217 g/mol. The first-order chi connectivity index (χ1) is 6.11. The molecule has 1 unspecified atom stereocenters. The minimum atomic E-state index is -0.0731. The molecule has 1 aromatic heterocycles. The summed E-state index contributed by atoms with van der Waals surface area (Å²) in [5.74, 6) is -0.0731. The number of halogens is 1. The van der Waals surface area contributed by atoms with Gasteiger partial charge >= 0.3 is 0 Å². The third-order valence-electron chi connectivity index (χ3n) is 1.78. The zero-order valence-electron chi connectivity index (χ0n) is 8.33. The number of aromatic amines is 1. The molecule has 1 aromatic rings. The van der Waals surface area contributed by atoms with Crippen LogP contribution in [0.3, 0.4) is 0 Å². The van der Waals surface area contributed by atoms with Gasteiger partial charge < -0.3 is 16.0 Å². The highest BCUT2D eigenvalue weighted by Crippen LogP contribution is 2.03. The Morgan fingerprint density at radius 3 is 2.79 bits per heavy atom. The molecule has 0 fully saturated rings. The number of hydrogen-bond acceptors (Lipinski definition) is 2. The standard InChI is InChI=1S/C9H15N3O.ClH/c1-6(10)5-12-9(13)8-3-4-11-7(8)2;/h3-4,6,11H,5,10H2,1-2H3,(H,12,13);1H. The predicted molar refractivity (Wildman–Crippen MR) is 58.8 cm³/mol. The zero-order chi connectivity index (χ0) is 9.84. The Morgan fingerprint density at radius 1 is 1.71 bits per heavy atom. The average Bonchev–Trinajstić information content (AvgIpc) is 2.47. The SMILES string of the molecule is Cc1[nH]ccc1C(=O)NCC(C)N.Cl. The van der Waals surface area contributed by atoms with Crippen molar-refractivity contribution >= 4 is 18.3 Å². The van der Waals surface area contributed by atoms with Crippen LogP contribution < -0.4 is 11.1 Å². The van der Waals surface area contributed by atoms with E-state index in [0.717, 1.165) is 5.69 Å². The molecule has 0 spiro atoms. The van der Waals surface area contributed by atoms with Gasteiger partial charge in [-0.2, -0.15) is 0 Å². The van der Waals surface area contributed by atoms with Crippen LogP contribution in [-0.2, 0) is 0 Å². The minimum Gasteiger partial charge on any atom is -0.365 e. The molecular formula is C9H16ClN3O. The van der Waals surface area contributed by atoms with E-state index in [4.69, 9.17) is 5.73 Å². The molecule has 0 aliphatic carbocycles. The van der Waals surface area contributed by atoms with Gasteiger partial charge in [0.1, 0.15) is 0 Å². The number of H-pyrrole nitrogens is 1. The van der Waals surface area contributed by atoms with E-state index in [9.17, 15) is 4.79 Å². The van der Waals surface area contributed by atoms with Gasteiger partial charge in [0.05, 0.1) is 5.56 Å². The number of aryl methyl sites for hydroxylation is 1. The van der Waals surface area contributed by atoms with Crippen LogP contribution >= 0.6 is 12.4 Å². The molecule has 0 saturated heterocycles. The first-order valence-electron chi connectivity index (χ1n) is 4.29. The molecule has 0 radical (unpaired) electrons. The average molecular weight is 218 g/mol. The molecular weight excluding hydrogens is 202 g/mol. The summed E-state index contributed by atoms with van der Waals surface area (Å²) in [7, 11) is 0. The van der Waals surface area contributed by atoms with Crippen LogP contribution in [0.1, 0.15) is 23.0 Å². The number of carbonyl (C=O) groups is 1. The molecule has 0 saturated carbocycles. The Morgan fingerprint density at radius 2 is 2.36 bits per heavy atom. The predicted octanol–water partition coefficient (Wildman–Crippen LogP) is 0.822. The lowest BCUT2D eigenvalue weighted by molar-refractivity contribution is 0.0951. The summed E-state index contributed by atoms with van der Waals surface area (Å²) in [5, 5.41) is 2.74. The van der Waals surface area contributed by atoms with E-state index in [-0.39, 0.29) is 24.4 Å². The summed E-state index contributed by atoms with van der Waals surface area (Å²) >= 11 is 0. The molecule has 0 aromatic carbocycles. The molecule has 14 heavy (non-hydrogen) atoms. The Bertz CT molecular complexity index is 296. The van der Waals surface area contributed by atoms with E-state index >= 15 is 0 Å². The van der Waals surface area contributed by atoms with E-state index in [2.05, 4.69) is 10.3 Å². The maximum Gasteiger partial charge on any atom is 0.253 e. The van der Waals surface area contributed by atoms with Crippen LogP contribution in [0.25, 0.3) is 0 Å². The van der Waals surface area contributed by atoms with Crippen LogP contribution in [-0.4, -0.2) is 23.5 Å². The van der Waals surface area contributed by atoms with E-state index in [1.807, 2.05) is 13.8 Å². The van der Waals surface area contributed by atoms with Gasteiger partial charge in [-0.05, 0) is 19.9 Å². The number of carbonyl (C=O) groups excluding carboxylic acids is 1. The number of nitrogens with two attached hydrogens (primary N) is 1. The Kier molecular flexibility index (Phi) is 5.27. The highest BCUT2D eigenvalue weighted by Gasteiger charge is 2.08. The highest BCUT2D eigenvalue weighted by atomic mass is 35.5. The van der Waals surface area contributed by atoms with Crippen molar-refractivity contribution in [2.75, 3.05) is 6.54 Å². The van der Waals surface area contributed by atoms with Crippen molar-refractivity contribution in [1.29, 1.82) is 0 Å². The molecule has 0 aliphatic rings. The molecule has 0 bridgehead atoms. The van der Waals surface area contributed by atoms with Crippen molar-refractivity contribution < 1.29 is 4.79 Å². The van der Waals surface area contributed by atoms with Crippen molar-refractivity contribution in [3.05, 3.63) is 23.5 Å². The molecule has 1 rings (SSSR count). The summed E-state index contributed by atoms with van der Waals surface area (Å²) < 4.78 is 0. The van der Waals surface area contributed by atoms with E-state index in [0.29, 0.717) is 12.1 Å². The molecule has 1 heterocycles. The maximum absolute atomic E-state index is 11.4. The first kappa shape index (κ1) is 13.0. The fraction of sp³-hybridized carbons (Fsp3) is 0.444. The molecule has 4 N–H and O–H groups in total. The number of amides is 1. The second kappa shape index (κ2) is 5.67. The van der Waals surface area contributed by atoms with Crippen LogP contribution in [0, 0.1) is 6.92 Å². The summed E-state index contributed by atoms with van der Waals surface area (Å²) in [6.45, 7) is 4.22. The lowest BCUT2D eigenvalue weighted by atomic mass is 10.2. The topological polar surface area (TPSA) is 70.9 Å². The summed E-state index contributed by atoms with van der Waals surface area (Å²) in [4.78, 5) is 14.4. The van der Waals surface area contributed by atoms with Gasteiger partial charge in [-0.3, -0.25) is 4.79 Å². The molecule has 0 aliphatic heterocycles. The van der Waals surface area contributed by atoms with Crippen molar-refractivity contribution in [3.63, 3.8) is 0 Å². The van der Waals surface area contributed by atoms with Crippen molar-refractivity contribution in [1.82, 2.24) is 10.3 Å². The van der Waals surface area contributed by atoms with Crippen molar-refractivity contribution in [2.24, 2.45) is 5.73 Å². The third-order valence-corrected chi connectivity index (χ3v) is 1.78. The van der Waals surface area contributed by atoms with Crippen LogP contribution in [0.4, 0.5) is 0 Å². The molecule has 5 heteroatoms. The first-order valence-corrected chi connectivity index (χ1v) is 4.29. The highest BCUT2D eigenvalue weighted by molar-refractivity contribution is 5.95. The number of hydrogen-bond donors (Lipinski definition) is 3. The smallest absolute Gasteiger partial charge is 0.253 e. The molecule has 1 atom stereocenters. The van der Waals surface area contributed by atoms with Gasteiger partial charge in [0.2, 0.25) is 0 Å². The normalized spacial score (nSPS) is 11.6. The Hall–Kier alpha value is -1.00. The summed E-state index contributed by atoms with van der Waals surface area (Å²) in [5.41, 5.74) is 7.07. The third kappa shape index (κ3) is 3.40. The van der Waals surface area contributed by atoms with Crippen LogP contribution in [0.5, 0.6) is 0 Å². The lowest BCUT2D eigenvalue weighted by Gasteiger charge is -2.06. The number of rotatable bonds is 3. The van der Waals surface area contributed by atoms with Gasteiger partial charge in [-0.25, -0.2) is 0 Å². The van der Waals surface area contributed by atoms with Gasteiger partial charge in [0.25, 0.3) is 5.91 Å². The molecule has 80 valence electrons. The van der Waals surface area contributed by atoms with Gasteiger partial charge in [-0.1, -0.05) is 0 Å². The summed E-state index contributed by atoms with van der Waals surface area (Å²) in [6.07, 6.45) is 1.75. The molecule has 1 amide bonds. The Balaban J connectivity index is 0.00000169. The van der Waals surface area contributed by atoms with E-state index in [1.165, 1.54) is 0 Å². The summed E-state index contributed by atoms with van der Waals surface area (Å²) in [6, 6.07) is 1.74. The minimum absolute atomic E-state index is 0.